The van der Waals surface area contributed by atoms with Gasteiger partial charge in [0.15, 0.2) is 0 Å². The Morgan fingerprint density at radius 2 is 1.97 bits per heavy atom. The van der Waals surface area contributed by atoms with Crippen molar-refractivity contribution in [3.8, 4) is 0 Å². The zero-order valence-electron chi connectivity index (χ0n) is 18.5. The number of likely N-dealkylation sites (tertiary alicyclic amines) is 1. The van der Waals surface area contributed by atoms with Gasteiger partial charge in [0.2, 0.25) is 11.8 Å². The molecule has 5 nitrogen and oxygen atoms in total. The van der Waals surface area contributed by atoms with E-state index in [2.05, 4.69) is 18.0 Å². The molecule has 2 aromatic carbocycles. The van der Waals surface area contributed by atoms with Gasteiger partial charge in [-0.15, -0.1) is 0 Å². The van der Waals surface area contributed by atoms with Gasteiger partial charge < -0.3 is 15.1 Å². The number of nitrogens with one attached hydrogen (secondary N) is 1. The molecule has 1 N–H and O–H groups in total. The molecule has 31 heavy (non-hydrogen) atoms. The van der Waals surface area contributed by atoms with E-state index in [1.165, 1.54) is 6.08 Å². The van der Waals surface area contributed by atoms with Crippen LogP contribution in [-0.2, 0) is 20.5 Å². The highest BCUT2D eigenvalue weighted by atomic mass is 35.5. The molecule has 1 unspecified atom stereocenters. The van der Waals surface area contributed by atoms with Crippen LogP contribution in [0, 0.1) is 6.92 Å². The number of carbonyl (C=O) groups is 2. The summed E-state index contributed by atoms with van der Waals surface area (Å²) in [4.78, 5) is 28.6. The molecule has 0 aliphatic carbocycles. The molecule has 2 heterocycles. The van der Waals surface area contributed by atoms with E-state index in [1.807, 2.05) is 63.1 Å². The standard InChI is InChI=1S/C25H28ClN3O2/c1-6-22(30)29-13-12-25(15-29,18-8-7-9-20(26)16(18)2)27-17-10-11-19-21(14-17)28(5)23(31)24(19,3)4/h6-11,14,27H,1,12-13,15H2,2-5H3. The third kappa shape index (κ3) is 3.32. The quantitative estimate of drug-likeness (QED) is 0.709. The lowest BCUT2D eigenvalue weighted by Gasteiger charge is -2.34. The fourth-order valence-corrected chi connectivity index (χ4v) is 5.15. The minimum atomic E-state index is -0.537. The fourth-order valence-electron chi connectivity index (χ4n) is 4.98. The van der Waals surface area contributed by atoms with Crippen molar-refractivity contribution in [1.82, 2.24) is 4.90 Å². The van der Waals surface area contributed by atoms with Crippen LogP contribution in [-0.4, -0.2) is 36.9 Å². The van der Waals surface area contributed by atoms with Crippen molar-refractivity contribution in [2.24, 2.45) is 0 Å². The normalized spacial score (nSPS) is 21.9. The largest absolute Gasteiger partial charge is 0.374 e. The Morgan fingerprint density at radius 3 is 2.68 bits per heavy atom. The Balaban J connectivity index is 1.77. The van der Waals surface area contributed by atoms with Gasteiger partial charge in [-0.1, -0.05) is 36.4 Å². The topological polar surface area (TPSA) is 52.7 Å². The number of rotatable bonds is 4. The van der Waals surface area contributed by atoms with Gasteiger partial charge in [0.05, 0.1) is 11.0 Å². The van der Waals surface area contributed by atoms with Crippen LogP contribution in [0.25, 0.3) is 0 Å². The molecular weight excluding hydrogens is 410 g/mol. The molecular formula is C25H28ClN3O2. The lowest BCUT2D eigenvalue weighted by molar-refractivity contribution is -0.125. The summed E-state index contributed by atoms with van der Waals surface area (Å²) >= 11 is 6.46. The monoisotopic (exact) mass is 437 g/mol. The predicted octanol–water partition coefficient (Wildman–Crippen LogP) is 4.63. The number of likely N-dealkylation sites (N-methyl/N-ethyl adjacent to an activating group) is 1. The Kier molecular flexibility index (Phi) is 5.13. The van der Waals surface area contributed by atoms with Crippen molar-refractivity contribution in [1.29, 1.82) is 0 Å². The number of anilines is 2. The average Bonchev–Trinajstić information content (AvgIpc) is 3.24. The molecule has 0 radical (unpaired) electrons. The molecule has 1 fully saturated rings. The number of benzene rings is 2. The Hall–Kier alpha value is -2.79. The molecule has 1 saturated heterocycles. The Labute approximate surface area is 188 Å². The van der Waals surface area contributed by atoms with E-state index < -0.39 is 11.0 Å². The van der Waals surface area contributed by atoms with E-state index in [9.17, 15) is 9.59 Å². The average molecular weight is 438 g/mol. The maximum atomic E-state index is 12.7. The lowest BCUT2D eigenvalue weighted by Crippen LogP contribution is -2.40. The first-order valence-corrected chi connectivity index (χ1v) is 10.9. The molecule has 2 aliphatic heterocycles. The zero-order chi connectivity index (χ0) is 22.6. The smallest absolute Gasteiger partial charge is 0.246 e. The van der Waals surface area contributed by atoms with Gasteiger partial charge >= 0.3 is 0 Å². The fraction of sp³-hybridized carbons (Fsp3) is 0.360. The first-order chi connectivity index (χ1) is 14.6. The van der Waals surface area contributed by atoms with Crippen LogP contribution >= 0.6 is 11.6 Å². The SMILES string of the molecule is C=CC(=O)N1CCC(Nc2ccc3c(c2)N(C)C(=O)C3(C)C)(c2cccc(Cl)c2C)C1. The molecule has 2 amide bonds. The summed E-state index contributed by atoms with van der Waals surface area (Å²) in [5, 5.41) is 4.42. The highest BCUT2D eigenvalue weighted by molar-refractivity contribution is 6.31. The summed E-state index contributed by atoms with van der Waals surface area (Å²) in [5.74, 6) is 0.00746. The summed E-state index contributed by atoms with van der Waals surface area (Å²) in [6.45, 7) is 10.7. The Bertz CT molecular complexity index is 1090. The highest BCUT2D eigenvalue weighted by Gasteiger charge is 2.44. The second kappa shape index (κ2) is 7.41. The van der Waals surface area contributed by atoms with Crippen LogP contribution in [0.15, 0.2) is 49.1 Å². The number of hydrogen-bond donors (Lipinski definition) is 1. The lowest BCUT2D eigenvalue weighted by atomic mass is 9.84. The van der Waals surface area contributed by atoms with E-state index in [1.54, 1.807) is 4.90 Å². The first kappa shape index (κ1) is 21.4. The summed E-state index contributed by atoms with van der Waals surface area (Å²) in [6.07, 6.45) is 2.10. The van der Waals surface area contributed by atoms with E-state index >= 15 is 0 Å². The van der Waals surface area contributed by atoms with Gasteiger partial charge in [-0.2, -0.15) is 0 Å². The van der Waals surface area contributed by atoms with E-state index in [-0.39, 0.29) is 11.8 Å². The molecule has 2 aliphatic rings. The number of halogens is 1. The zero-order valence-corrected chi connectivity index (χ0v) is 19.2. The second-order valence-electron chi connectivity index (χ2n) is 9.05. The second-order valence-corrected chi connectivity index (χ2v) is 9.46. The van der Waals surface area contributed by atoms with Gasteiger partial charge in [0, 0.05) is 36.5 Å². The third-order valence-electron chi connectivity index (χ3n) is 6.79. The molecule has 0 spiro atoms. The van der Waals surface area contributed by atoms with Crippen LogP contribution in [0.2, 0.25) is 5.02 Å². The van der Waals surface area contributed by atoms with Gasteiger partial charge in [0.1, 0.15) is 0 Å². The summed E-state index contributed by atoms with van der Waals surface area (Å²) in [5.41, 5.74) is 3.89. The third-order valence-corrected chi connectivity index (χ3v) is 7.20. The number of fused-ring (bicyclic) bond motifs is 1. The van der Waals surface area contributed by atoms with Gasteiger partial charge in [-0.25, -0.2) is 0 Å². The van der Waals surface area contributed by atoms with Gasteiger partial charge in [-0.3, -0.25) is 9.59 Å². The molecule has 6 heteroatoms. The molecule has 2 aromatic rings. The van der Waals surface area contributed by atoms with Crippen LogP contribution in [0.5, 0.6) is 0 Å². The van der Waals surface area contributed by atoms with Crippen LogP contribution in [0.1, 0.15) is 37.0 Å². The molecule has 162 valence electrons. The Morgan fingerprint density at radius 1 is 1.23 bits per heavy atom. The highest BCUT2D eigenvalue weighted by Crippen LogP contribution is 2.44. The minimum absolute atomic E-state index is 0.0793. The number of amides is 2. The summed E-state index contributed by atoms with van der Waals surface area (Å²) in [7, 11) is 1.82. The van der Waals surface area contributed by atoms with Crippen molar-refractivity contribution in [3.63, 3.8) is 0 Å². The van der Waals surface area contributed by atoms with Crippen LogP contribution in [0.4, 0.5) is 11.4 Å². The molecule has 1 atom stereocenters. The van der Waals surface area contributed by atoms with E-state index in [4.69, 9.17) is 11.6 Å². The number of hydrogen-bond acceptors (Lipinski definition) is 3. The first-order valence-electron chi connectivity index (χ1n) is 10.5. The number of nitrogens with zero attached hydrogens (tertiary/aromatic N) is 2. The molecule has 0 saturated carbocycles. The molecule has 0 bridgehead atoms. The molecule has 0 aromatic heterocycles. The van der Waals surface area contributed by atoms with Crippen LogP contribution < -0.4 is 10.2 Å². The van der Waals surface area contributed by atoms with Crippen molar-refractivity contribution >= 4 is 34.8 Å². The van der Waals surface area contributed by atoms with Crippen molar-refractivity contribution in [3.05, 3.63) is 70.8 Å². The van der Waals surface area contributed by atoms with Gasteiger partial charge in [-0.05, 0) is 68.2 Å². The molecule has 4 rings (SSSR count). The maximum Gasteiger partial charge on any atom is 0.246 e. The minimum Gasteiger partial charge on any atom is -0.374 e. The van der Waals surface area contributed by atoms with Crippen molar-refractivity contribution in [2.75, 3.05) is 30.4 Å². The van der Waals surface area contributed by atoms with Crippen molar-refractivity contribution < 1.29 is 9.59 Å². The van der Waals surface area contributed by atoms with Gasteiger partial charge in [0.25, 0.3) is 0 Å². The summed E-state index contributed by atoms with van der Waals surface area (Å²) in [6, 6.07) is 12.0. The van der Waals surface area contributed by atoms with Crippen molar-refractivity contribution in [2.45, 2.75) is 38.1 Å². The number of carbonyl (C=O) groups excluding carboxylic acids is 2. The van der Waals surface area contributed by atoms with Crippen LogP contribution in [0.3, 0.4) is 0 Å². The van der Waals surface area contributed by atoms with E-state index in [0.717, 1.165) is 34.5 Å². The van der Waals surface area contributed by atoms with E-state index in [0.29, 0.717) is 18.1 Å². The summed E-state index contributed by atoms with van der Waals surface area (Å²) < 4.78 is 0. The predicted molar refractivity (Wildman–Crippen MR) is 126 cm³/mol. The maximum absolute atomic E-state index is 12.7.